The number of hydrazone groups is 1. The van der Waals surface area contributed by atoms with Crippen LogP contribution in [0.15, 0.2) is 88.4 Å². The van der Waals surface area contributed by atoms with Crippen LogP contribution >= 0.6 is 15.9 Å². The highest BCUT2D eigenvalue weighted by atomic mass is 79.9. The smallest absolute Gasteiger partial charge is 0.224 e. The van der Waals surface area contributed by atoms with Crippen LogP contribution in [0.4, 0.5) is 5.95 Å². The molecule has 0 bridgehead atoms. The summed E-state index contributed by atoms with van der Waals surface area (Å²) >= 11 is 3.66. The molecule has 176 valence electrons. The van der Waals surface area contributed by atoms with Crippen LogP contribution in [0, 0.1) is 0 Å². The summed E-state index contributed by atoms with van der Waals surface area (Å²) in [5.41, 5.74) is 6.98. The fourth-order valence-electron chi connectivity index (χ4n) is 4.04. The molecule has 1 aromatic heterocycles. The van der Waals surface area contributed by atoms with Crippen molar-refractivity contribution < 1.29 is 9.47 Å². The van der Waals surface area contributed by atoms with Gasteiger partial charge in [0.15, 0.2) is 11.5 Å². The molecule has 0 aliphatic rings. The second kappa shape index (κ2) is 10.2. The van der Waals surface area contributed by atoms with Crippen LogP contribution in [0.2, 0.25) is 0 Å². The zero-order chi connectivity index (χ0) is 24.2. The SMILES string of the molecule is CCOc1cc(/C=N\Nc2nc3ccccc3n2C)cc(Br)c1OCc1cccc2ccccc12. The lowest BCUT2D eigenvalue weighted by Gasteiger charge is -2.15. The van der Waals surface area contributed by atoms with Gasteiger partial charge in [0, 0.05) is 7.05 Å². The topological polar surface area (TPSA) is 60.7 Å². The molecule has 0 saturated carbocycles. The maximum atomic E-state index is 6.25. The Balaban J connectivity index is 1.36. The van der Waals surface area contributed by atoms with Gasteiger partial charge in [0.25, 0.3) is 0 Å². The first-order chi connectivity index (χ1) is 17.1. The summed E-state index contributed by atoms with van der Waals surface area (Å²) in [7, 11) is 1.96. The van der Waals surface area contributed by atoms with Gasteiger partial charge in [-0.15, -0.1) is 0 Å². The Labute approximate surface area is 212 Å². The minimum atomic E-state index is 0.432. The minimum absolute atomic E-state index is 0.432. The maximum Gasteiger partial charge on any atom is 0.224 e. The van der Waals surface area contributed by atoms with Gasteiger partial charge in [-0.2, -0.15) is 5.10 Å². The van der Waals surface area contributed by atoms with Gasteiger partial charge in [0.1, 0.15) is 6.61 Å². The molecule has 1 heterocycles. The summed E-state index contributed by atoms with van der Waals surface area (Å²) in [4.78, 5) is 4.58. The molecule has 0 radical (unpaired) electrons. The molecule has 0 saturated heterocycles. The summed E-state index contributed by atoms with van der Waals surface area (Å²) in [6, 6.07) is 26.4. The molecule has 35 heavy (non-hydrogen) atoms. The van der Waals surface area contributed by atoms with Gasteiger partial charge >= 0.3 is 0 Å². The number of benzene rings is 4. The predicted molar refractivity (Wildman–Crippen MR) is 146 cm³/mol. The number of hydrogen-bond donors (Lipinski definition) is 1. The third-order valence-electron chi connectivity index (χ3n) is 5.75. The number of aryl methyl sites for hydroxylation is 1. The van der Waals surface area contributed by atoms with Crippen LogP contribution in [0.5, 0.6) is 11.5 Å². The number of ether oxygens (including phenoxy) is 2. The van der Waals surface area contributed by atoms with Crippen molar-refractivity contribution in [2.24, 2.45) is 12.1 Å². The fourth-order valence-corrected chi connectivity index (χ4v) is 4.62. The van der Waals surface area contributed by atoms with Crippen molar-refractivity contribution in [3.05, 3.63) is 94.5 Å². The highest BCUT2D eigenvalue weighted by molar-refractivity contribution is 9.10. The Morgan fingerprint density at radius 3 is 2.66 bits per heavy atom. The number of anilines is 1. The number of rotatable bonds is 8. The van der Waals surface area contributed by atoms with Crippen molar-refractivity contribution in [1.82, 2.24) is 9.55 Å². The lowest BCUT2D eigenvalue weighted by molar-refractivity contribution is 0.268. The van der Waals surface area contributed by atoms with Crippen LogP contribution in [0.25, 0.3) is 21.8 Å². The quantitative estimate of drug-likeness (QED) is 0.175. The molecule has 7 heteroatoms. The number of halogens is 1. The molecule has 0 fully saturated rings. The first-order valence-electron chi connectivity index (χ1n) is 11.4. The molecule has 0 aliphatic carbocycles. The van der Waals surface area contributed by atoms with Gasteiger partial charge in [-0.05, 0) is 69.0 Å². The average Bonchev–Trinajstić information content (AvgIpc) is 3.19. The Bertz CT molecular complexity index is 1520. The van der Waals surface area contributed by atoms with Crippen LogP contribution in [0.3, 0.4) is 0 Å². The van der Waals surface area contributed by atoms with Crippen LogP contribution in [-0.2, 0) is 13.7 Å². The number of aromatic nitrogens is 2. The molecule has 0 aliphatic heterocycles. The molecule has 6 nitrogen and oxygen atoms in total. The number of fused-ring (bicyclic) bond motifs is 2. The van der Waals surface area contributed by atoms with Crippen LogP contribution in [0.1, 0.15) is 18.1 Å². The lowest BCUT2D eigenvalue weighted by Crippen LogP contribution is -2.02. The monoisotopic (exact) mass is 528 g/mol. The predicted octanol–water partition coefficient (Wildman–Crippen LogP) is 6.91. The average molecular weight is 529 g/mol. The number of hydrogen-bond acceptors (Lipinski definition) is 5. The van der Waals surface area contributed by atoms with Crippen molar-refractivity contribution in [1.29, 1.82) is 0 Å². The van der Waals surface area contributed by atoms with E-state index < -0.39 is 0 Å². The molecule has 0 unspecified atom stereocenters. The summed E-state index contributed by atoms with van der Waals surface area (Å²) in [6.45, 7) is 2.91. The highest BCUT2D eigenvalue weighted by Gasteiger charge is 2.13. The zero-order valence-electron chi connectivity index (χ0n) is 19.5. The maximum absolute atomic E-state index is 6.25. The molecule has 4 aromatic carbocycles. The van der Waals surface area contributed by atoms with Crippen molar-refractivity contribution in [2.45, 2.75) is 13.5 Å². The number of para-hydroxylation sites is 2. The molecular weight excluding hydrogens is 504 g/mol. The fraction of sp³-hybridized carbons (Fsp3) is 0.143. The van der Waals surface area contributed by atoms with Gasteiger partial charge in [0.2, 0.25) is 5.95 Å². The molecule has 0 atom stereocenters. The van der Waals surface area contributed by atoms with E-state index in [2.05, 4.69) is 61.8 Å². The standard InChI is InChI=1S/C28H25BrN4O2/c1-3-34-26-16-19(17-30-32-28-31-24-13-6-7-14-25(24)33(28)2)15-23(29)27(26)35-18-21-11-8-10-20-9-4-5-12-22(20)21/h4-17H,3,18H2,1-2H3,(H,31,32)/b30-17-. The summed E-state index contributed by atoms with van der Waals surface area (Å²) < 4.78 is 14.9. The van der Waals surface area contributed by atoms with Gasteiger partial charge < -0.3 is 14.0 Å². The third-order valence-corrected chi connectivity index (χ3v) is 6.34. The minimum Gasteiger partial charge on any atom is -0.490 e. The second-order valence-corrected chi connectivity index (χ2v) is 8.90. The second-order valence-electron chi connectivity index (χ2n) is 8.04. The first-order valence-corrected chi connectivity index (χ1v) is 12.2. The molecule has 5 aromatic rings. The van der Waals surface area contributed by atoms with Crippen LogP contribution in [-0.4, -0.2) is 22.4 Å². The van der Waals surface area contributed by atoms with E-state index in [-0.39, 0.29) is 0 Å². The van der Waals surface area contributed by atoms with Gasteiger partial charge in [-0.1, -0.05) is 54.6 Å². The van der Waals surface area contributed by atoms with E-state index in [0.717, 1.165) is 26.6 Å². The Morgan fingerprint density at radius 1 is 1.00 bits per heavy atom. The van der Waals surface area contributed by atoms with E-state index in [4.69, 9.17) is 9.47 Å². The molecule has 5 rings (SSSR count). The Kier molecular flexibility index (Phi) is 6.68. The van der Waals surface area contributed by atoms with E-state index in [1.807, 2.05) is 67.1 Å². The first kappa shape index (κ1) is 22.9. The van der Waals surface area contributed by atoms with E-state index in [1.165, 1.54) is 10.8 Å². The highest BCUT2D eigenvalue weighted by Crippen LogP contribution is 2.37. The van der Waals surface area contributed by atoms with Crippen molar-refractivity contribution in [2.75, 3.05) is 12.0 Å². The van der Waals surface area contributed by atoms with Crippen molar-refractivity contribution >= 4 is 49.9 Å². The summed E-state index contributed by atoms with van der Waals surface area (Å²) in [5, 5.41) is 6.77. The van der Waals surface area contributed by atoms with Crippen molar-refractivity contribution in [3.63, 3.8) is 0 Å². The molecular formula is C28H25BrN4O2. The Morgan fingerprint density at radius 2 is 1.80 bits per heavy atom. The number of imidazole rings is 1. The third kappa shape index (κ3) is 4.86. The van der Waals surface area contributed by atoms with E-state index in [0.29, 0.717) is 30.7 Å². The number of nitrogens with zero attached hydrogens (tertiary/aromatic N) is 3. The normalized spacial score (nSPS) is 11.4. The molecule has 1 N–H and O–H groups in total. The lowest BCUT2D eigenvalue weighted by atomic mass is 10.1. The number of nitrogens with one attached hydrogen (secondary N) is 1. The summed E-state index contributed by atoms with van der Waals surface area (Å²) in [6.07, 6.45) is 1.74. The van der Waals surface area contributed by atoms with E-state index >= 15 is 0 Å². The van der Waals surface area contributed by atoms with Crippen molar-refractivity contribution in [3.8, 4) is 11.5 Å². The van der Waals surface area contributed by atoms with Gasteiger partial charge in [-0.25, -0.2) is 10.4 Å². The zero-order valence-corrected chi connectivity index (χ0v) is 21.1. The molecule has 0 amide bonds. The van der Waals surface area contributed by atoms with Crippen LogP contribution < -0.4 is 14.9 Å². The van der Waals surface area contributed by atoms with E-state index in [9.17, 15) is 0 Å². The van der Waals surface area contributed by atoms with Gasteiger partial charge in [-0.3, -0.25) is 0 Å². The largest absolute Gasteiger partial charge is 0.490 e. The van der Waals surface area contributed by atoms with Gasteiger partial charge in [0.05, 0.1) is 28.3 Å². The summed E-state index contributed by atoms with van der Waals surface area (Å²) in [5.74, 6) is 1.99. The molecule has 0 spiro atoms. The Hall–Kier alpha value is -3.84. The van der Waals surface area contributed by atoms with E-state index in [1.54, 1.807) is 6.21 Å².